The quantitative estimate of drug-likeness (QED) is 0.487. The van der Waals surface area contributed by atoms with Crippen LogP contribution in [0.1, 0.15) is 44.4 Å². The van der Waals surface area contributed by atoms with Crippen LogP contribution in [0.25, 0.3) is 0 Å². The molecule has 2 aromatic carbocycles. The lowest BCUT2D eigenvalue weighted by molar-refractivity contribution is -0.134. The summed E-state index contributed by atoms with van der Waals surface area (Å²) in [5, 5.41) is 20.6. The number of methoxy groups -OCH3 is 1. The summed E-state index contributed by atoms with van der Waals surface area (Å²) in [5.74, 6) is -3.47. The first-order valence-corrected chi connectivity index (χ1v) is 8.07. The molecule has 0 saturated heterocycles. The van der Waals surface area contributed by atoms with Gasteiger partial charge in [-0.3, -0.25) is 9.59 Å². The second-order valence-electron chi connectivity index (χ2n) is 5.56. The number of amides is 1. The van der Waals surface area contributed by atoms with Crippen LogP contribution in [0.15, 0.2) is 36.4 Å². The molecule has 146 valence electrons. The van der Waals surface area contributed by atoms with Gasteiger partial charge in [0.05, 0.1) is 18.2 Å². The maximum absolute atomic E-state index is 12.5. The van der Waals surface area contributed by atoms with E-state index in [1.54, 1.807) is 6.92 Å². The van der Waals surface area contributed by atoms with Crippen molar-refractivity contribution in [2.24, 2.45) is 0 Å². The van der Waals surface area contributed by atoms with Gasteiger partial charge in [0.2, 0.25) is 0 Å². The minimum absolute atomic E-state index is 0.00255. The Hall–Kier alpha value is -3.88. The van der Waals surface area contributed by atoms with Crippen LogP contribution in [0.4, 0.5) is 5.69 Å². The van der Waals surface area contributed by atoms with Gasteiger partial charge in [-0.05, 0) is 36.4 Å². The SMILES string of the molecule is CCC(=O)Oc1ccc(C(=O)Nc2cc(C(=O)O)cc(C(=O)O)c2)cc1OC. The van der Waals surface area contributed by atoms with Gasteiger partial charge in [-0.1, -0.05) is 6.92 Å². The first kappa shape index (κ1) is 20.4. The van der Waals surface area contributed by atoms with E-state index in [9.17, 15) is 19.2 Å². The largest absolute Gasteiger partial charge is 0.493 e. The number of carbonyl (C=O) groups excluding carboxylic acids is 2. The summed E-state index contributed by atoms with van der Waals surface area (Å²) < 4.78 is 10.2. The number of carboxylic acids is 2. The smallest absolute Gasteiger partial charge is 0.335 e. The molecule has 9 heteroatoms. The summed E-state index contributed by atoms with van der Waals surface area (Å²) in [6.07, 6.45) is 0.164. The Morgan fingerprint density at radius 3 is 2.00 bits per heavy atom. The number of anilines is 1. The van der Waals surface area contributed by atoms with Crippen LogP contribution in [0.3, 0.4) is 0 Å². The summed E-state index contributed by atoms with van der Waals surface area (Å²) >= 11 is 0. The van der Waals surface area contributed by atoms with Crippen molar-refractivity contribution in [2.75, 3.05) is 12.4 Å². The third-order valence-electron chi connectivity index (χ3n) is 3.62. The third kappa shape index (κ3) is 4.85. The van der Waals surface area contributed by atoms with Gasteiger partial charge < -0.3 is 25.0 Å². The molecule has 1 amide bonds. The Labute approximate surface area is 159 Å². The van der Waals surface area contributed by atoms with Crippen molar-refractivity contribution in [3.8, 4) is 11.5 Å². The van der Waals surface area contributed by atoms with E-state index < -0.39 is 23.8 Å². The highest BCUT2D eigenvalue weighted by atomic mass is 16.6. The number of carbonyl (C=O) groups is 4. The molecule has 2 rings (SSSR count). The van der Waals surface area contributed by atoms with E-state index in [0.717, 1.165) is 18.2 Å². The van der Waals surface area contributed by atoms with Gasteiger partial charge in [0.1, 0.15) is 0 Å². The fourth-order valence-corrected chi connectivity index (χ4v) is 2.24. The molecule has 0 radical (unpaired) electrons. The number of esters is 1. The van der Waals surface area contributed by atoms with E-state index in [1.165, 1.54) is 25.3 Å². The molecule has 0 aliphatic rings. The Kier molecular flexibility index (Phi) is 6.33. The Morgan fingerprint density at radius 2 is 1.50 bits per heavy atom. The second-order valence-corrected chi connectivity index (χ2v) is 5.56. The first-order valence-electron chi connectivity index (χ1n) is 8.07. The minimum Gasteiger partial charge on any atom is -0.493 e. The Morgan fingerprint density at radius 1 is 0.893 bits per heavy atom. The third-order valence-corrected chi connectivity index (χ3v) is 3.62. The maximum Gasteiger partial charge on any atom is 0.335 e. The molecule has 0 atom stereocenters. The number of benzene rings is 2. The van der Waals surface area contributed by atoms with E-state index in [2.05, 4.69) is 5.32 Å². The fourth-order valence-electron chi connectivity index (χ4n) is 2.24. The molecule has 0 fully saturated rings. The van der Waals surface area contributed by atoms with Crippen molar-refractivity contribution in [2.45, 2.75) is 13.3 Å². The van der Waals surface area contributed by atoms with Crippen LogP contribution >= 0.6 is 0 Å². The van der Waals surface area contributed by atoms with Crippen molar-refractivity contribution in [3.05, 3.63) is 53.1 Å². The van der Waals surface area contributed by atoms with Crippen molar-refractivity contribution in [1.82, 2.24) is 0 Å². The van der Waals surface area contributed by atoms with Crippen molar-refractivity contribution < 1.29 is 38.9 Å². The van der Waals surface area contributed by atoms with Crippen molar-refractivity contribution >= 4 is 29.5 Å². The highest BCUT2D eigenvalue weighted by Crippen LogP contribution is 2.29. The molecule has 0 aromatic heterocycles. The van der Waals surface area contributed by atoms with E-state index in [-0.39, 0.29) is 40.3 Å². The number of carboxylic acid groups (broad SMARTS) is 2. The average molecular weight is 387 g/mol. The van der Waals surface area contributed by atoms with E-state index in [1.807, 2.05) is 0 Å². The predicted molar refractivity (Wildman–Crippen MR) is 97.2 cm³/mol. The van der Waals surface area contributed by atoms with Crippen molar-refractivity contribution in [3.63, 3.8) is 0 Å². The molecule has 0 aliphatic carbocycles. The van der Waals surface area contributed by atoms with Crippen LogP contribution < -0.4 is 14.8 Å². The molecule has 9 nitrogen and oxygen atoms in total. The number of nitrogens with one attached hydrogen (secondary N) is 1. The summed E-state index contributed by atoms with van der Waals surface area (Å²) in [6.45, 7) is 1.63. The normalized spacial score (nSPS) is 10.1. The van der Waals surface area contributed by atoms with Gasteiger partial charge >= 0.3 is 17.9 Å². The van der Waals surface area contributed by atoms with E-state index in [4.69, 9.17) is 19.7 Å². The van der Waals surface area contributed by atoms with Gasteiger partial charge in [0, 0.05) is 17.7 Å². The summed E-state index contributed by atoms with van der Waals surface area (Å²) in [6, 6.07) is 7.38. The zero-order chi connectivity index (χ0) is 20.8. The molecular weight excluding hydrogens is 370 g/mol. The molecule has 3 N–H and O–H groups in total. The highest BCUT2D eigenvalue weighted by Gasteiger charge is 2.16. The van der Waals surface area contributed by atoms with Gasteiger partial charge in [0.15, 0.2) is 11.5 Å². The van der Waals surface area contributed by atoms with Crippen LogP contribution in [0.2, 0.25) is 0 Å². The van der Waals surface area contributed by atoms with Gasteiger partial charge in [-0.25, -0.2) is 9.59 Å². The molecule has 28 heavy (non-hydrogen) atoms. The molecular formula is C19H17NO8. The number of hydrogen-bond acceptors (Lipinski definition) is 6. The van der Waals surface area contributed by atoms with E-state index >= 15 is 0 Å². The minimum atomic E-state index is -1.33. The van der Waals surface area contributed by atoms with Gasteiger partial charge in [-0.15, -0.1) is 0 Å². The Bertz CT molecular complexity index is 919. The number of hydrogen-bond donors (Lipinski definition) is 3. The molecule has 0 unspecified atom stereocenters. The number of ether oxygens (including phenoxy) is 2. The maximum atomic E-state index is 12.5. The van der Waals surface area contributed by atoms with Crippen LogP contribution in [0.5, 0.6) is 11.5 Å². The first-order chi connectivity index (χ1) is 13.2. The standard InChI is InChI=1S/C19H17NO8/c1-3-16(21)28-14-5-4-10(9-15(14)27-2)17(22)20-13-7-11(18(23)24)6-12(8-13)19(25)26/h4-9H,3H2,1-2H3,(H,20,22)(H,23,24)(H,25,26). The lowest BCUT2D eigenvalue weighted by Gasteiger charge is -2.11. The fraction of sp³-hybridized carbons (Fsp3) is 0.158. The summed E-state index contributed by atoms with van der Waals surface area (Å²) in [5.41, 5.74) is -0.433. The molecule has 0 spiro atoms. The van der Waals surface area contributed by atoms with Gasteiger partial charge in [0.25, 0.3) is 5.91 Å². The zero-order valence-electron chi connectivity index (χ0n) is 15.0. The monoisotopic (exact) mass is 387 g/mol. The lowest BCUT2D eigenvalue weighted by Crippen LogP contribution is -2.14. The molecule has 0 saturated carbocycles. The number of aromatic carboxylic acids is 2. The van der Waals surface area contributed by atoms with Crippen LogP contribution in [-0.4, -0.2) is 41.1 Å². The van der Waals surface area contributed by atoms with Crippen LogP contribution in [0, 0.1) is 0 Å². The lowest BCUT2D eigenvalue weighted by atomic mass is 10.1. The average Bonchev–Trinajstić information content (AvgIpc) is 2.67. The molecule has 0 heterocycles. The van der Waals surface area contributed by atoms with Crippen molar-refractivity contribution in [1.29, 1.82) is 0 Å². The van der Waals surface area contributed by atoms with Crippen LogP contribution in [-0.2, 0) is 4.79 Å². The highest BCUT2D eigenvalue weighted by molar-refractivity contribution is 6.06. The Balaban J connectivity index is 2.31. The molecule has 2 aromatic rings. The second kappa shape index (κ2) is 8.67. The number of rotatable bonds is 7. The summed E-state index contributed by atoms with van der Waals surface area (Å²) in [7, 11) is 1.34. The topological polar surface area (TPSA) is 139 Å². The van der Waals surface area contributed by atoms with E-state index in [0.29, 0.717) is 0 Å². The van der Waals surface area contributed by atoms with Gasteiger partial charge in [-0.2, -0.15) is 0 Å². The molecule has 0 bridgehead atoms. The molecule has 0 aliphatic heterocycles. The predicted octanol–water partition coefficient (Wildman–Crippen LogP) is 2.66. The summed E-state index contributed by atoms with van der Waals surface area (Å²) in [4.78, 5) is 46.2. The zero-order valence-corrected chi connectivity index (χ0v) is 15.0.